The van der Waals surface area contributed by atoms with Gasteiger partial charge in [-0.1, -0.05) is 0 Å². The summed E-state index contributed by atoms with van der Waals surface area (Å²) < 4.78 is 13.8. The van der Waals surface area contributed by atoms with Crippen LogP contribution >= 0.6 is 0 Å². The molecule has 0 saturated carbocycles. The van der Waals surface area contributed by atoms with Gasteiger partial charge in [0.15, 0.2) is 0 Å². The van der Waals surface area contributed by atoms with Crippen LogP contribution in [-0.4, -0.2) is 41.4 Å². The molecule has 1 aromatic carbocycles. The predicted molar refractivity (Wildman–Crippen MR) is 63.6 cm³/mol. The van der Waals surface area contributed by atoms with Crippen LogP contribution < -0.4 is 16.4 Å². The van der Waals surface area contributed by atoms with Crippen molar-refractivity contribution in [2.75, 3.05) is 23.7 Å². The molecular weight excluding hydrogens is 241 g/mol. The molecule has 0 bridgehead atoms. The third-order valence-corrected chi connectivity index (χ3v) is 2.98. The van der Waals surface area contributed by atoms with Gasteiger partial charge in [-0.15, -0.1) is 0 Å². The number of β-amino-alcohol motifs (C(OH)–C–C–N with tert-alkyl or cyclic N) is 2. The monoisotopic (exact) mass is 255 g/mol. The standard InChI is InChI=1S/C11H14FN3O3/c12-6-2-7(13)5(11(14)18)1-8(6)15-3-9(16)10(17)4-15/h1-2,9-10,16-17H,3-4,13H2,(H2,14,18). The van der Waals surface area contributed by atoms with E-state index < -0.39 is 23.9 Å². The van der Waals surface area contributed by atoms with Gasteiger partial charge in [-0.25, -0.2) is 4.39 Å². The summed E-state index contributed by atoms with van der Waals surface area (Å²) in [5, 5.41) is 18.8. The van der Waals surface area contributed by atoms with E-state index in [1.807, 2.05) is 0 Å². The predicted octanol–water partition coefficient (Wildman–Crippen LogP) is -0.951. The normalized spacial score (nSPS) is 23.4. The Morgan fingerprint density at radius 3 is 2.39 bits per heavy atom. The van der Waals surface area contributed by atoms with Crippen LogP contribution in [0.2, 0.25) is 0 Å². The van der Waals surface area contributed by atoms with Gasteiger partial charge in [-0.05, 0) is 12.1 Å². The van der Waals surface area contributed by atoms with Gasteiger partial charge in [0.2, 0.25) is 0 Å². The van der Waals surface area contributed by atoms with Crippen molar-refractivity contribution >= 4 is 17.3 Å². The Morgan fingerprint density at radius 2 is 1.89 bits per heavy atom. The molecule has 6 nitrogen and oxygen atoms in total. The minimum absolute atomic E-state index is 0.0160. The Balaban J connectivity index is 2.39. The van der Waals surface area contributed by atoms with Crippen molar-refractivity contribution in [1.82, 2.24) is 0 Å². The lowest BCUT2D eigenvalue weighted by Gasteiger charge is -2.19. The van der Waals surface area contributed by atoms with E-state index in [0.29, 0.717) is 0 Å². The van der Waals surface area contributed by atoms with Crippen LogP contribution in [0.5, 0.6) is 0 Å². The van der Waals surface area contributed by atoms with Crippen molar-refractivity contribution in [2.24, 2.45) is 5.73 Å². The topological polar surface area (TPSA) is 113 Å². The molecule has 1 saturated heterocycles. The van der Waals surface area contributed by atoms with E-state index in [4.69, 9.17) is 11.5 Å². The quantitative estimate of drug-likeness (QED) is 0.509. The second-order valence-corrected chi connectivity index (χ2v) is 4.29. The van der Waals surface area contributed by atoms with E-state index in [9.17, 15) is 19.4 Å². The summed E-state index contributed by atoms with van der Waals surface area (Å²) in [7, 11) is 0. The first-order chi connectivity index (χ1) is 8.40. The number of primary amides is 1. The summed E-state index contributed by atoms with van der Waals surface area (Å²) in [6, 6.07) is 2.24. The zero-order valence-corrected chi connectivity index (χ0v) is 9.51. The van der Waals surface area contributed by atoms with E-state index >= 15 is 0 Å². The molecule has 6 N–H and O–H groups in total. The molecule has 1 fully saturated rings. The van der Waals surface area contributed by atoms with E-state index in [1.165, 1.54) is 11.0 Å². The van der Waals surface area contributed by atoms with E-state index in [2.05, 4.69) is 0 Å². The third-order valence-electron chi connectivity index (χ3n) is 2.98. The number of aliphatic hydroxyl groups is 2. The minimum Gasteiger partial charge on any atom is -0.398 e. The summed E-state index contributed by atoms with van der Waals surface area (Å²) in [6.07, 6.45) is -1.89. The Bertz CT molecular complexity index is 485. The molecule has 7 heteroatoms. The van der Waals surface area contributed by atoms with Crippen molar-refractivity contribution in [3.8, 4) is 0 Å². The van der Waals surface area contributed by atoms with Crippen LogP contribution in [0.1, 0.15) is 10.4 Å². The summed E-state index contributed by atoms with van der Waals surface area (Å²) in [4.78, 5) is 12.6. The maximum atomic E-state index is 13.8. The first-order valence-corrected chi connectivity index (χ1v) is 5.40. The lowest BCUT2D eigenvalue weighted by molar-refractivity contribution is 0.0572. The SMILES string of the molecule is NC(=O)c1cc(N2CC(O)C(O)C2)c(F)cc1N. The third kappa shape index (κ3) is 2.09. The molecule has 98 valence electrons. The van der Waals surface area contributed by atoms with Crippen LogP contribution in [0.15, 0.2) is 12.1 Å². The number of anilines is 2. The molecule has 0 aliphatic carbocycles. The number of carbonyl (C=O) groups excluding carboxylic acids is 1. The van der Waals surface area contributed by atoms with E-state index in [0.717, 1.165) is 6.07 Å². The zero-order valence-electron chi connectivity index (χ0n) is 9.51. The van der Waals surface area contributed by atoms with E-state index in [1.54, 1.807) is 0 Å². The molecule has 0 spiro atoms. The fourth-order valence-corrected chi connectivity index (χ4v) is 2.00. The first-order valence-electron chi connectivity index (χ1n) is 5.40. The maximum Gasteiger partial charge on any atom is 0.250 e. The van der Waals surface area contributed by atoms with Gasteiger partial charge in [0.05, 0.1) is 23.5 Å². The number of amides is 1. The first kappa shape index (κ1) is 12.6. The van der Waals surface area contributed by atoms with Crippen molar-refractivity contribution in [3.63, 3.8) is 0 Å². The maximum absolute atomic E-state index is 13.8. The molecule has 1 aliphatic rings. The van der Waals surface area contributed by atoms with Crippen LogP contribution in [-0.2, 0) is 0 Å². The number of benzene rings is 1. The van der Waals surface area contributed by atoms with Crippen molar-refractivity contribution in [3.05, 3.63) is 23.5 Å². The number of aliphatic hydroxyl groups excluding tert-OH is 2. The van der Waals surface area contributed by atoms with Gasteiger partial charge in [0.25, 0.3) is 5.91 Å². The number of rotatable bonds is 2. The molecule has 2 rings (SSSR count). The smallest absolute Gasteiger partial charge is 0.250 e. The number of nitrogens with zero attached hydrogens (tertiary/aromatic N) is 1. The molecule has 18 heavy (non-hydrogen) atoms. The molecule has 1 aliphatic heterocycles. The lowest BCUT2D eigenvalue weighted by atomic mass is 10.1. The number of carbonyl (C=O) groups is 1. The number of nitrogen functional groups attached to an aromatic ring is 1. The van der Waals surface area contributed by atoms with Gasteiger partial charge < -0.3 is 26.6 Å². The van der Waals surface area contributed by atoms with Crippen LogP contribution in [0.25, 0.3) is 0 Å². The van der Waals surface area contributed by atoms with Crippen molar-refractivity contribution in [1.29, 1.82) is 0 Å². The van der Waals surface area contributed by atoms with Crippen molar-refractivity contribution < 1.29 is 19.4 Å². The van der Waals surface area contributed by atoms with Gasteiger partial charge in [0, 0.05) is 18.8 Å². The zero-order chi connectivity index (χ0) is 13.4. The van der Waals surface area contributed by atoms with E-state index in [-0.39, 0.29) is 30.0 Å². The average Bonchev–Trinajstić information content (AvgIpc) is 2.58. The second-order valence-electron chi connectivity index (χ2n) is 4.29. The minimum atomic E-state index is -0.945. The summed E-state index contributed by atoms with van der Waals surface area (Å²) in [5.41, 5.74) is 10.7. The second kappa shape index (κ2) is 4.43. The summed E-state index contributed by atoms with van der Waals surface area (Å²) >= 11 is 0. The largest absolute Gasteiger partial charge is 0.398 e. The molecule has 0 aromatic heterocycles. The molecule has 1 heterocycles. The highest BCUT2D eigenvalue weighted by molar-refractivity contribution is 5.99. The highest BCUT2D eigenvalue weighted by Gasteiger charge is 2.31. The van der Waals surface area contributed by atoms with Crippen LogP contribution in [0.4, 0.5) is 15.8 Å². The number of halogens is 1. The molecule has 2 atom stereocenters. The highest BCUT2D eigenvalue weighted by atomic mass is 19.1. The Labute approximate surface area is 103 Å². The van der Waals surface area contributed by atoms with Crippen LogP contribution in [0.3, 0.4) is 0 Å². The molecule has 0 radical (unpaired) electrons. The summed E-state index contributed by atoms with van der Waals surface area (Å²) in [5.74, 6) is -1.38. The lowest BCUT2D eigenvalue weighted by Crippen LogP contribution is -2.23. The molecule has 1 amide bonds. The van der Waals surface area contributed by atoms with Gasteiger partial charge >= 0.3 is 0 Å². The Morgan fingerprint density at radius 1 is 1.33 bits per heavy atom. The number of hydrogen-bond donors (Lipinski definition) is 4. The van der Waals surface area contributed by atoms with Gasteiger partial charge in [-0.3, -0.25) is 4.79 Å². The van der Waals surface area contributed by atoms with Gasteiger partial charge in [0.1, 0.15) is 5.82 Å². The number of hydrogen-bond acceptors (Lipinski definition) is 5. The number of nitrogens with two attached hydrogens (primary N) is 2. The molecular formula is C11H14FN3O3. The fraction of sp³-hybridized carbons (Fsp3) is 0.364. The highest BCUT2D eigenvalue weighted by Crippen LogP contribution is 2.28. The summed E-state index contributed by atoms with van der Waals surface area (Å²) in [6.45, 7) is 0.167. The van der Waals surface area contributed by atoms with Gasteiger partial charge in [-0.2, -0.15) is 0 Å². The molecule has 2 unspecified atom stereocenters. The van der Waals surface area contributed by atoms with Crippen LogP contribution in [0, 0.1) is 5.82 Å². The average molecular weight is 255 g/mol. The van der Waals surface area contributed by atoms with Crippen molar-refractivity contribution in [2.45, 2.75) is 12.2 Å². The Kier molecular flexibility index (Phi) is 3.10. The fourth-order valence-electron chi connectivity index (χ4n) is 2.00. The Hall–Kier alpha value is -1.86. The molecule has 1 aromatic rings.